The molecule has 1 aliphatic rings. The highest BCUT2D eigenvalue weighted by Crippen LogP contribution is 2.45. The van der Waals surface area contributed by atoms with Crippen molar-refractivity contribution in [2.45, 2.75) is 53.9 Å². The average Bonchev–Trinajstić information content (AvgIpc) is 2.27. The largest absolute Gasteiger partial charge is 0.294 e. The van der Waals surface area contributed by atoms with E-state index < -0.39 is 0 Å². The molecule has 0 amide bonds. The van der Waals surface area contributed by atoms with Gasteiger partial charge in [-0.15, -0.1) is 0 Å². The summed E-state index contributed by atoms with van der Waals surface area (Å²) in [5.74, 6) is 0.419. The lowest BCUT2D eigenvalue weighted by Crippen LogP contribution is -2.36. The van der Waals surface area contributed by atoms with Crippen LogP contribution >= 0.6 is 0 Å². The van der Waals surface area contributed by atoms with Crippen LogP contribution in [0, 0.1) is 11.3 Å². The SMILES string of the molecule is C/C=C(\C)C(=O)C1C(C)=CCCC1(C)CC. The average molecular weight is 220 g/mol. The van der Waals surface area contributed by atoms with E-state index in [-0.39, 0.29) is 11.3 Å². The van der Waals surface area contributed by atoms with Crippen LogP contribution in [0.1, 0.15) is 53.9 Å². The van der Waals surface area contributed by atoms with E-state index in [0.717, 1.165) is 24.8 Å². The van der Waals surface area contributed by atoms with Crippen LogP contribution < -0.4 is 0 Å². The molecule has 0 aromatic heterocycles. The second-order valence-electron chi connectivity index (χ2n) is 5.26. The van der Waals surface area contributed by atoms with Crippen molar-refractivity contribution in [3.63, 3.8) is 0 Å². The molecular weight excluding hydrogens is 196 g/mol. The summed E-state index contributed by atoms with van der Waals surface area (Å²) in [7, 11) is 0. The Kier molecular flexibility index (Phi) is 4.12. The zero-order valence-corrected chi connectivity index (χ0v) is 11.3. The Labute approximate surface area is 99.6 Å². The Morgan fingerprint density at radius 1 is 1.62 bits per heavy atom. The van der Waals surface area contributed by atoms with Gasteiger partial charge in [0, 0.05) is 5.92 Å². The summed E-state index contributed by atoms with van der Waals surface area (Å²) in [6, 6.07) is 0. The maximum atomic E-state index is 12.4. The molecule has 90 valence electrons. The van der Waals surface area contributed by atoms with Crippen LogP contribution in [-0.4, -0.2) is 5.78 Å². The molecule has 0 saturated carbocycles. The molecule has 0 aliphatic heterocycles. The highest BCUT2D eigenvalue weighted by Gasteiger charge is 2.40. The summed E-state index contributed by atoms with van der Waals surface area (Å²) < 4.78 is 0. The fraction of sp³-hybridized carbons (Fsp3) is 0.667. The number of ketones is 1. The number of hydrogen-bond acceptors (Lipinski definition) is 1. The van der Waals surface area contributed by atoms with Gasteiger partial charge in [0.2, 0.25) is 0 Å². The molecule has 0 radical (unpaired) electrons. The highest BCUT2D eigenvalue weighted by atomic mass is 16.1. The van der Waals surface area contributed by atoms with Crippen molar-refractivity contribution in [2.75, 3.05) is 0 Å². The number of rotatable bonds is 3. The van der Waals surface area contributed by atoms with Gasteiger partial charge < -0.3 is 0 Å². The Morgan fingerprint density at radius 2 is 2.25 bits per heavy atom. The van der Waals surface area contributed by atoms with Gasteiger partial charge in [-0.25, -0.2) is 0 Å². The maximum absolute atomic E-state index is 12.4. The minimum absolute atomic E-state index is 0.0995. The van der Waals surface area contributed by atoms with Gasteiger partial charge >= 0.3 is 0 Å². The third-order valence-electron chi connectivity index (χ3n) is 4.23. The number of Topliss-reactive ketones (excluding diaryl/α,β-unsaturated/α-hetero) is 1. The lowest BCUT2D eigenvalue weighted by atomic mass is 9.63. The molecule has 0 fully saturated rings. The molecule has 16 heavy (non-hydrogen) atoms. The normalized spacial score (nSPS) is 31.2. The van der Waals surface area contributed by atoms with E-state index >= 15 is 0 Å². The second kappa shape index (κ2) is 4.99. The Morgan fingerprint density at radius 3 is 2.75 bits per heavy atom. The zero-order chi connectivity index (χ0) is 12.3. The minimum atomic E-state index is 0.0995. The first-order chi connectivity index (χ1) is 7.46. The van der Waals surface area contributed by atoms with Crippen molar-refractivity contribution in [1.82, 2.24) is 0 Å². The van der Waals surface area contributed by atoms with E-state index in [1.54, 1.807) is 0 Å². The lowest BCUT2D eigenvalue weighted by Gasteiger charge is -2.40. The fourth-order valence-electron chi connectivity index (χ4n) is 2.72. The first kappa shape index (κ1) is 13.2. The molecule has 0 aromatic rings. The summed E-state index contributed by atoms with van der Waals surface area (Å²) in [4.78, 5) is 12.4. The molecule has 0 bridgehead atoms. The van der Waals surface area contributed by atoms with Gasteiger partial charge in [0.1, 0.15) is 0 Å². The van der Waals surface area contributed by atoms with E-state index in [0.29, 0.717) is 5.78 Å². The molecule has 1 aliphatic carbocycles. The van der Waals surface area contributed by atoms with E-state index in [1.165, 1.54) is 5.57 Å². The molecule has 1 rings (SSSR count). The predicted octanol–water partition coefficient (Wildman–Crippen LogP) is 4.29. The van der Waals surface area contributed by atoms with Crippen molar-refractivity contribution >= 4 is 5.78 Å². The molecule has 1 nitrogen and oxygen atoms in total. The van der Waals surface area contributed by atoms with E-state index in [9.17, 15) is 4.79 Å². The third kappa shape index (κ3) is 2.28. The summed E-state index contributed by atoms with van der Waals surface area (Å²) in [6.07, 6.45) is 7.50. The smallest absolute Gasteiger partial charge is 0.165 e. The van der Waals surface area contributed by atoms with Crippen molar-refractivity contribution < 1.29 is 4.79 Å². The van der Waals surface area contributed by atoms with Crippen molar-refractivity contribution in [2.24, 2.45) is 11.3 Å². The quantitative estimate of drug-likeness (QED) is 0.512. The van der Waals surface area contributed by atoms with Crippen LogP contribution in [0.4, 0.5) is 0 Å². The molecule has 1 heteroatoms. The topological polar surface area (TPSA) is 17.1 Å². The Bertz CT molecular complexity index is 335. The van der Waals surface area contributed by atoms with Crippen LogP contribution in [-0.2, 0) is 4.79 Å². The molecule has 0 aromatic carbocycles. The van der Waals surface area contributed by atoms with E-state index in [2.05, 4.69) is 26.8 Å². The number of hydrogen-bond donors (Lipinski definition) is 0. The van der Waals surface area contributed by atoms with Crippen molar-refractivity contribution in [3.8, 4) is 0 Å². The lowest BCUT2D eigenvalue weighted by molar-refractivity contribution is -0.121. The van der Waals surface area contributed by atoms with Crippen LogP contribution in [0.5, 0.6) is 0 Å². The zero-order valence-electron chi connectivity index (χ0n) is 11.3. The molecular formula is C15H24O. The number of allylic oxidation sites excluding steroid dienone is 4. The van der Waals surface area contributed by atoms with Crippen LogP contribution in [0.15, 0.2) is 23.3 Å². The maximum Gasteiger partial charge on any atom is 0.165 e. The standard InChI is InChI=1S/C15H24O/c1-6-11(3)14(16)13-12(4)9-8-10-15(13,5)7-2/h6,9,13H,7-8,10H2,1-5H3/b11-6+. The second-order valence-corrected chi connectivity index (χ2v) is 5.26. The Balaban J connectivity index is 3.10. The van der Waals surface area contributed by atoms with Gasteiger partial charge in [-0.2, -0.15) is 0 Å². The van der Waals surface area contributed by atoms with Crippen LogP contribution in [0.2, 0.25) is 0 Å². The van der Waals surface area contributed by atoms with Crippen molar-refractivity contribution in [1.29, 1.82) is 0 Å². The van der Waals surface area contributed by atoms with Gasteiger partial charge in [-0.3, -0.25) is 4.79 Å². The first-order valence-corrected chi connectivity index (χ1v) is 6.30. The summed E-state index contributed by atoms with van der Waals surface area (Å²) in [5, 5.41) is 0. The van der Waals surface area contributed by atoms with Gasteiger partial charge in [0.05, 0.1) is 0 Å². The summed E-state index contributed by atoms with van der Waals surface area (Å²) in [5.41, 5.74) is 2.32. The van der Waals surface area contributed by atoms with Gasteiger partial charge in [0.25, 0.3) is 0 Å². The predicted molar refractivity (Wildman–Crippen MR) is 69.3 cm³/mol. The summed E-state index contributed by atoms with van der Waals surface area (Å²) >= 11 is 0. The van der Waals surface area contributed by atoms with Crippen molar-refractivity contribution in [3.05, 3.63) is 23.3 Å². The van der Waals surface area contributed by atoms with Gasteiger partial charge in [0.15, 0.2) is 5.78 Å². The molecule has 0 heterocycles. The molecule has 0 spiro atoms. The molecule has 0 N–H and O–H groups in total. The molecule has 2 atom stereocenters. The molecule has 2 unspecified atom stereocenters. The summed E-state index contributed by atoms with van der Waals surface area (Å²) in [6.45, 7) is 10.4. The van der Waals surface area contributed by atoms with E-state index in [4.69, 9.17) is 0 Å². The van der Waals surface area contributed by atoms with Gasteiger partial charge in [-0.05, 0) is 51.0 Å². The monoisotopic (exact) mass is 220 g/mol. The van der Waals surface area contributed by atoms with Crippen LogP contribution in [0.3, 0.4) is 0 Å². The van der Waals surface area contributed by atoms with Gasteiger partial charge in [-0.1, -0.05) is 31.6 Å². The third-order valence-corrected chi connectivity index (χ3v) is 4.23. The van der Waals surface area contributed by atoms with Crippen LogP contribution in [0.25, 0.3) is 0 Å². The fourth-order valence-corrected chi connectivity index (χ4v) is 2.72. The highest BCUT2D eigenvalue weighted by molar-refractivity contribution is 5.98. The first-order valence-electron chi connectivity index (χ1n) is 6.30. The molecule has 0 saturated heterocycles. The van der Waals surface area contributed by atoms with E-state index in [1.807, 2.05) is 19.9 Å². The Hall–Kier alpha value is -0.850. The number of carbonyl (C=O) groups is 1. The minimum Gasteiger partial charge on any atom is -0.294 e. The number of carbonyl (C=O) groups excluding carboxylic acids is 1.